The molecule has 0 aliphatic rings. The molecule has 1 aromatic rings. The van der Waals surface area contributed by atoms with Gasteiger partial charge in [0.05, 0.1) is 12.9 Å². The molecule has 0 aliphatic carbocycles. The number of aromatic nitrogens is 2. The quantitative estimate of drug-likeness (QED) is 0.577. The maximum atomic E-state index is 11.8. The van der Waals surface area contributed by atoms with Crippen LogP contribution in [-0.4, -0.2) is 56.2 Å². The SMILES string of the molecule is CSC(CO)C(C)NC(=O)c1nc[nH]c1C(=O)O. The van der Waals surface area contributed by atoms with E-state index in [0.717, 1.165) is 6.33 Å². The van der Waals surface area contributed by atoms with Gasteiger partial charge in [-0.1, -0.05) is 0 Å². The number of nitrogens with zero attached hydrogens (tertiary/aromatic N) is 1. The fraction of sp³-hybridized carbons (Fsp3) is 0.500. The van der Waals surface area contributed by atoms with Crippen LogP contribution in [0.1, 0.15) is 27.9 Å². The number of aliphatic hydroxyl groups is 1. The molecule has 0 aromatic carbocycles. The van der Waals surface area contributed by atoms with Gasteiger partial charge in [-0.3, -0.25) is 4.79 Å². The van der Waals surface area contributed by atoms with E-state index in [1.165, 1.54) is 11.8 Å². The number of amides is 1. The largest absolute Gasteiger partial charge is 0.477 e. The number of hydrogen-bond donors (Lipinski definition) is 4. The first-order chi connectivity index (χ1) is 8.51. The summed E-state index contributed by atoms with van der Waals surface area (Å²) in [5.74, 6) is -1.82. The zero-order chi connectivity index (χ0) is 13.7. The van der Waals surface area contributed by atoms with Crippen LogP contribution in [0.3, 0.4) is 0 Å². The Morgan fingerprint density at radius 3 is 2.78 bits per heavy atom. The van der Waals surface area contributed by atoms with Crippen molar-refractivity contribution >= 4 is 23.6 Å². The fourth-order valence-corrected chi connectivity index (χ4v) is 2.06. The molecule has 0 radical (unpaired) electrons. The lowest BCUT2D eigenvalue weighted by atomic mass is 10.2. The van der Waals surface area contributed by atoms with Gasteiger partial charge in [-0.15, -0.1) is 0 Å². The van der Waals surface area contributed by atoms with Crippen molar-refractivity contribution < 1.29 is 19.8 Å². The third kappa shape index (κ3) is 3.23. The lowest BCUT2D eigenvalue weighted by molar-refractivity contribution is 0.0684. The summed E-state index contributed by atoms with van der Waals surface area (Å²) >= 11 is 1.42. The number of hydrogen-bond acceptors (Lipinski definition) is 5. The van der Waals surface area contributed by atoms with Gasteiger partial charge in [-0.05, 0) is 13.2 Å². The minimum absolute atomic E-state index is 0.0744. The highest BCUT2D eigenvalue weighted by Crippen LogP contribution is 2.11. The monoisotopic (exact) mass is 273 g/mol. The summed E-state index contributed by atoms with van der Waals surface area (Å²) in [5, 5.41) is 20.4. The van der Waals surface area contributed by atoms with E-state index in [2.05, 4.69) is 15.3 Å². The van der Waals surface area contributed by atoms with Gasteiger partial charge < -0.3 is 20.5 Å². The maximum absolute atomic E-state index is 11.8. The average molecular weight is 273 g/mol. The highest BCUT2D eigenvalue weighted by atomic mass is 32.2. The summed E-state index contributed by atoms with van der Waals surface area (Å²) < 4.78 is 0. The van der Waals surface area contributed by atoms with Crippen LogP contribution in [0.15, 0.2) is 6.33 Å². The van der Waals surface area contributed by atoms with Gasteiger partial charge in [0.25, 0.3) is 5.91 Å². The van der Waals surface area contributed by atoms with Crippen LogP contribution in [0.5, 0.6) is 0 Å². The topological polar surface area (TPSA) is 115 Å². The Labute approximate surface area is 108 Å². The molecule has 1 aromatic heterocycles. The molecule has 1 rings (SSSR count). The fourth-order valence-electron chi connectivity index (χ4n) is 1.43. The van der Waals surface area contributed by atoms with Crippen LogP contribution in [0.25, 0.3) is 0 Å². The Bertz CT molecular complexity index is 431. The van der Waals surface area contributed by atoms with Crippen LogP contribution in [0.4, 0.5) is 0 Å². The number of aromatic amines is 1. The zero-order valence-corrected chi connectivity index (χ0v) is 10.8. The summed E-state index contributed by atoms with van der Waals surface area (Å²) in [6, 6.07) is -0.296. The number of imidazole rings is 1. The van der Waals surface area contributed by atoms with Gasteiger partial charge in [0.2, 0.25) is 0 Å². The number of carbonyl (C=O) groups excluding carboxylic acids is 1. The standard InChI is InChI=1S/C10H15N3O4S/c1-5(6(3-14)18-2)13-9(15)7-8(10(16)17)12-4-11-7/h4-6,14H,3H2,1-2H3,(H,11,12)(H,13,15)(H,16,17). The highest BCUT2D eigenvalue weighted by molar-refractivity contribution is 7.99. The van der Waals surface area contributed by atoms with E-state index in [-0.39, 0.29) is 29.3 Å². The molecule has 0 bridgehead atoms. The second-order valence-electron chi connectivity index (χ2n) is 3.65. The van der Waals surface area contributed by atoms with E-state index in [4.69, 9.17) is 10.2 Å². The number of aliphatic hydroxyl groups excluding tert-OH is 1. The second kappa shape index (κ2) is 6.41. The van der Waals surface area contributed by atoms with Gasteiger partial charge in [0.15, 0.2) is 11.4 Å². The van der Waals surface area contributed by atoms with E-state index in [1.807, 2.05) is 6.26 Å². The number of thioether (sulfide) groups is 1. The molecule has 0 saturated carbocycles. The average Bonchev–Trinajstić information content (AvgIpc) is 2.79. The Morgan fingerprint density at radius 1 is 1.61 bits per heavy atom. The van der Waals surface area contributed by atoms with Gasteiger partial charge in [0, 0.05) is 11.3 Å². The normalized spacial score (nSPS) is 13.9. The Hall–Kier alpha value is -1.54. The summed E-state index contributed by atoms with van der Waals surface area (Å²) in [5.41, 5.74) is -0.406. The van der Waals surface area contributed by atoms with Crippen molar-refractivity contribution in [2.24, 2.45) is 0 Å². The van der Waals surface area contributed by atoms with Crippen molar-refractivity contribution in [1.29, 1.82) is 0 Å². The van der Waals surface area contributed by atoms with E-state index in [9.17, 15) is 9.59 Å². The molecule has 1 heterocycles. The number of carbonyl (C=O) groups is 2. The van der Waals surface area contributed by atoms with E-state index < -0.39 is 11.9 Å². The first-order valence-electron chi connectivity index (χ1n) is 5.22. The van der Waals surface area contributed by atoms with E-state index in [1.54, 1.807) is 6.92 Å². The molecule has 18 heavy (non-hydrogen) atoms. The molecule has 1 amide bonds. The predicted octanol–water partition coefficient (Wildman–Crippen LogP) is -0.0499. The molecular formula is C10H15N3O4S. The van der Waals surface area contributed by atoms with Gasteiger partial charge in [0.1, 0.15) is 0 Å². The molecule has 0 fully saturated rings. The smallest absolute Gasteiger partial charge is 0.354 e. The van der Waals surface area contributed by atoms with E-state index >= 15 is 0 Å². The molecule has 4 N–H and O–H groups in total. The minimum atomic E-state index is -1.24. The van der Waals surface area contributed by atoms with Crippen molar-refractivity contribution in [2.45, 2.75) is 18.2 Å². The van der Waals surface area contributed by atoms with Crippen molar-refractivity contribution in [3.05, 3.63) is 17.7 Å². The number of nitrogens with one attached hydrogen (secondary N) is 2. The van der Waals surface area contributed by atoms with Gasteiger partial charge in [-0.25, -0.2) is 9.78 Å². The Kier molecular flexibility index (Phi) is 5.17. The third-order valence-corrected chi connectivity index (χ3v) is 3.63. The highest BCUT2D eigenvalue weighted by Gasteiger charge is 2.23. The minimum Gasteiger partial charge on any atom is -0.477 e. The molecule has 2 atom stereocenters. The first-order valence-corrected chi connectivity index (χ1v) is 6.51. The van der Waals surface area contributed by atoms with Crippen LogP contribution < -0.4 is 5.32 Å². The third-order valence-electron chi connectivity index (χ3n) is 2.47. The summed E-state index contributed by atoms with van der Waals surface area (Å²) in [6.45, 7) is 1.66. The number of carboxylic acids is 1. The number of rotatable bonds is 6. The van der Waals surface area contributed by atoms with Crippen LogP contribution in [0.2, 0.25) is 0 Å². The van der Waals surface area contributed by atoms with E-state index in [0.29, 0.717) is 0 Å². The van der Waals surface area contributed by atoms with Crippen molar-refractivity contribution in [3.63, 3.8) is 0 Å². The number of H-pyrrole nitrogens is 1. The van der Waals surface area contributed by atoms with Crippen LogP contribution >= 0.6 is 11.8 Å². The number of aromatic carboxylic acids is 1. The number of carboxylic acid groups (broad SMARTS) is 1. The summed E-state index contributed by atoms with van der Waals surface area (Å²) in [4.78, 5) is 28.7. The summed E-state index contributed by atoms with van der Waals surface area (Å²) in [6.07, 6.45) is 2.97. The molecule has 2 unspecified atom stereocenters. The lowest BCUT2D eigenvalue weighted by Crippen LogP contribution is -2.41. The molecule has 0 aliphatic heterocycles. The van der Waals surface area contributed by atoms with Gasteiger partial charge >= 0.3 is 5.97 Å². The lowest BCUT2D eigenvalue weighted by Gasteiger charge is -2.20. The van der Waals surface area contributed by atoms with Crippen molar-refractivity contribution in [1.82, 2.24) is 15.3 Å². The van der Waals surface area contributed by atoms with Gasteiger partial charge in [-0.2, -0.15) is 11.8 Å². The molecule has 0 spiro atoms. The summed E-state index contributed by atoms with van der Waals surface area (Å²) in [7, 11) is 0. The van der Waals surface area contributed by atoms with Crippen molar-refractivity contribution in [3.8, 4) is 0 Å². The molecule has 8 heteroatoms. The predicted molar refractivity (Wildman–Crippen MR) is 66.9 cm³/mol. The molecular weight excluding hydrogens is 258 g/mol. The first kappa shape index (κ1) is 14.5. The Balaban J connectivity index is 2.76. The van der Waals surface area contributed by atoms with Crippen LogP contribution in [-0.2, 0) is 0 Å². The second-order valence-corrected chi connectivity index (χ2v) is 4.73. The van der Waals surface area contributed by atoms with Crippen molar-refractivity contribution in [2.75, 3.05) is 12.9 Å². The Morgan fingerprint density at radius 2 is 2.28 bits per heavy atom. The molecule has 100 valence electrons. The molecule has 0 saturated heterocycles. The zero-order valence-electron chi connectivity index (χ0n) is 10.0. The van der Waals surface area contributed by atoms with Crippen LogP contribution in [0, 0.1) is 0 Å². The maximum Gasteiger partial charge on any atom is 0.354 e. The molecule has 7 nitrogen and oxygen atoms in total.